The van der Waals surface area contributed by atoms with Gasteiger partial charge in [0.25, 0.3) is 0 Å². The van der Waals surface area contributed by atoms with Crippen LogP contribution in [0.1, 0.15) is 32.9 Å². The number of pyridine rings is 1. The predicted octanol–water partition coefficient (Wildman–Crippen LogP) is 3.83. The van der Waals surface area contributed by atoms with E-state index >= 15 is 0 Å². The van der Waals surface area contributed by atoms with E-state index < -0.39 is 5.97 Å². The molecule has 3 rings (SSSR count). The largest absolute Gasteiger partial charge is 0.478 e. The summed E-state index contributed by atoms with van der Waals surface area (Å²) in [5.41, 5.74) is 4.89. The normalized spacial score (nSPS) is 10.5. The molecule has 6 nitrogen and oxygen atoms in total. The van der Waals surface area contributed by atoms with Gasteiger partial charge in [-0.15, -0.1) is 0 Å². The number of carboxylic acids is 1. The third-order valence-electron chi connectivity index (χ3n) is 4.13. The van der Waals surface area contributed by atoms with Crippen LogP contribution < -0.4 is 0 Å². The first-order valence-corrected chi connectivity index (χ1v) is 8.19. The Morgan fingerprint density at radius 2 is 2.08 bits per heavy atom. The minimum Gasteiger partial charge on any atom is -0.478 e. The molecule has 0 radical (unpaired) electrons. The van der Waals surface area contributed by atoms with Crippen LogP contribution >= 0.6 is 11.6 Å². The van der Waals surface area contributed by atoms with Gasteiger partial charge in [0.15, 0.2) is 0 Å². The first-order valence-electron chi connectivity index (χ1n) is 7.82. The lowest BCUT2D eigenvalue weighted by Crippen LogP contribution is -2.06. The van der Waals surface area contributed by atoms with E-state index in [1.54, 1.807) is 29.1 Å². The Morgan fingerprint density at radius 1 is 1.31 bits per heavy atom. The molecule has 0 atom stereocenters. The molecule has 0 amide bonds. The molecule has 1 N–H and O–H groups in total. The quantitative estimate of drug-likeness (QED) is 0.757. The van der Waals surface area contributed by atoms with Gasteiger partial charge in [0.1, 0.15) is 6.07 Å². The molecule has 26 heavy (non-hydrogen) atoms. The fourth-order valence-electron chi connectivity index (χ4n) is 2.89. The SMILES string of the molecule is Cc1nn(Cc2cncc(C(=O)O)c2)c(C)c1-c1ccc(C#N)c(Cl)c1. The Hall–Kier alpha value is -3.17. The Bertz CT molecular complexity index is 1050. The fourth-order valence-corrected chi connectivity index (χ4v) is 3.12. The van der Waals surface area contributed by atoms with Crippen LogP contribution in [0.5, 0.6) is 0 Å². The van der Waals surface area contributed by atoms with Crippen LogP contribution in [0.25, 0.3) is 11.1 Å². The minimum absolute atomic E-state index is 0.142. The van der Waals surface area contributed by atoms with E-state index in [0.717, 1.165) is 28.1 Å². The van der Waals surface area contributed by atoms with Crippen LogP contribution in [0, 0.1) is 25.2 Å². The maximum absolute atomic E-state index is 11.1. The number of rotatable bonds is 4. The highest BCUT2D eigenvalue weighted by Gasteiger charge is 2.15. The standard InChI is InChI=1S/C19H15ClN4O2/c1-11-18(14-3-4-15(7-21)17(20)6-14)12(2)24(23-11)10-13-5-16(19(25)26)9-22-8-13/h3-6,8-9H,10H2,1-2H3,(H,25,26). The summed E-state index contributed by atoms with van der Waals surface area (Å²) < 4.78 is 1.80. The number of aromatic nitrogens is 3. The van der Waals surface area contributed by atoms with Crippen molar-refractivity contribution in [3.05, 3.63) is 69.8 Å². The fraction of sp³-hybridized carbons (Fsp3) is 0.158. The van der Waals surface area contributed by atoms with Crippen LogP contribution in [0.2, 0.25) is 5.02 Å². The van der Waals surface area contributed by atoms with E-state index in [0.29, 0.717) is 17.1 Å². The van der Waals surface area contributed by atoms with Gasteiger partial charge in [0.2, 0.25) is 0 Å². The molecule has 0 spiro atoms. The lowest BCUT2D eigenvalue weighted by molar-refractivity contribution is 0.0696. The predicted molar refractivity (Wildman–Crippen MR) is 97.2 cm³/mol. The topological polar surface area (TPSA) is 91.8 Å². The van der Waals surface area contributed by atoms with Crippen molar-refractivity contribution < 1.29 is 9.90 Å². The number of nitriles is 1. The van der Waals surface area contributed by atoms with Crippen LogP contribution in [0.3, 0.4) is 0 Å². The molecule has 0 fully saturated rings. The smallest absolute Gasteiger partial charge is 0.337 e. The lowest BCUT2D eigenvalue weighted by Gasteiger charge is -2.07. The van der Waals surface area contributed by atoms with Gasteiger partial charge < -0.3 is 5.11 Å². The van der Waals surface area contributed by atoms with E-state index in [1.807, 2.05) is 26.0 Å². The highest BCUT2D eigenvalue weighted by Crippen LogP contribution is 2.30. The van der Waals surface area contributed by atoms with Crippen molar-refractivity contribution >= 4 is 17.6 Å². The minimum atomic E-state index is -1.01. The van der Waals surface area contributed by atoms with Crippen molar-refractivity contribution in [1.82, 2.24) is 14.8 Å². The van der Waals surface area contributed by atoms with Crippen LogP contribution in [-0.4, -0.2) is 25.8 Å². The first kappa shape index (κ1) is 17.6. The van der Waals surface area contributed by atoms with Crippen molar-refractivity contribution in [3.63, 3.8) is 0 Å². The summed E-state index contributed by atoms with van der Waals surface area (Å²) in [5.74, 6) is -1.01. The molecule has 0 saturated carbocycles. The third kappa shape index (κ3) is 3.30. The molecule has 130 valence electrons. The van der Waals surface area contributed by atoms with Crippen molar-refractivity contribution in [2.75, 3.05) is 0 Å². The summed E-state index contributed by atoms with van der Waals surface area (Å²) in [6.07, 6.45) is 2.94. The van der Waals surface area contributed by atoms with Crippen LogP contribution in [0.15, 0.2) is 36.7 Å². The Morgan fingerprint density at radius 3 is 2.73 bits per heavy atom. The van der Waals surface area contributed by atoms with Crippen LogP contribution in [-0.2, 0) is 6.54 Å². The number of carbonyl (C=O) groups is 1. The number of halogens is 1. The Balaban J connectivity index is 1.99. The number of hydrogen-bond acceptors (Lipinski definition) is 4. The lowest BCUT2D eigenvalue weighted by atomic mass is 10.0. The molecule has 0 aliphatic rings. The van der Waals surface area contributed by atoms with Gasteiger partial charge in [-0.05, 0) is 43.2 Å². The Kier molecular flexibility index (Phi) is 4.74. The number of benzene rings is 1. The van der Waals surface area contributed by atoms with Gasteiger partial charge in [0.05, 0.1) is 28.4 Å². The van der Waals surface area contributed by atoms with E-state index in [-0.39, 0.29) is 5.56 Å². The molecular weight excluding hydrogens is 352 g/mol. The first-order chi connectivity index (χ1) is 12.4. The van der Waals surface area contributed by atoms with Gasteiger partial charge in [-0.3, -0.25) is 9.67 Å². The molecule has 7 heteroatoms. The average Bonchev–Trinajstić information content (AvgIpc) is 2.88. The highest BCUT2D eigenvalue weighted by molar-refractivity contribution is 6.32. The average molecular weight is 367 g/mol. The van der Waals surface area contributed by atoms with Crippen molar-refractivity contribution in [2.24, 2.45) is 0 Å². The van der Waals surface area contributed by atoms with Gasteiger partial charge in [-0.1, -0.05) is 17.7 Å². The number of nitrogens with zero attached hydrogens (tertiary/aromatic N) is 4. The second-order valence-corrected chi connectivity index (χ2v) is 6.30. The molecule has 3 aromatic rings. The molecule has 0 bridgehead atoms. The molecule has 0 saturated heterocycles. The van der Waals surface area contributed by atoms with E-state index in [4.69, 9.17) is 22.0 Å². The summed E-state index contributed by atoms with van der Waals surface area (Å²) in [4.78, 5) is 15.1. The highest BCUT2D eigenvalue weighted by atomic mass is 35.5. The molecular formula is C19H15ClN4O2. The molecule has 2 aromatic heterocycles. The summed E-state index contributed by atoms with van der Waals surface area (Å²) >= 11 is 6.15. The van der Waals surface area contributed by atoms with E-state index in [1.165, 1.54) is 6.20 Å². The maximum Gasteiger partial charge on any atom is 0.337 e. The molecule has 0 aliphatic carbocycles. The zero-order chi connectivity index (χ0) is 18.8. The molecule has 2 heterocycles. The molecule has 1 aromatic carbocycles. The summed E-state index contributed by atoms with van der Waals surface area (Å²) in [6, 6.07) is 8.93. The number of aryl methyl sites for hydroxylation is 1. The monoisotopic (exact) mass is 366 g/mol. The molecule has 0 unspecified atom stereocenters. The van der Waals surface area contributed by atoms with Gasteiger partial charge in [-0.25, -0.2) is 4.79 Å². The van der Waals surface area contributed by atoms with Crippen molar-refractivity contribution in [2.45, 2.75) is 20.4 Å². The van der Waals surface area contributed by atoms with E-state index in [2.05, 4.69) is 10.1 Å². The third-order valence-corrected chi connectivity index (χ3v) is 4.45. The van der Waals surface area contributed by atoms with E-state index in [9.17, 15) is 4.79 Å². The van der Waals surface area contributed by atoms with Gasteiger partial charge >= 0.3 is 5.97 Å². The maximum atomic E-state index is 11.1. The zero-order valence-electron chi connectivity index (χ0n) is 14.2. The summed E-state index contributed by atoms with van der Waals surface area (Å²) in [7, 11) is 0. The van der Waals surface area contributed by atoms with Gasteiger partial charge in [0, 0.05) is 23.7 Å². The Labute approximate surface area is 155 Å². The van der Waals surface area contributed by atoms with Crippen LogP contribution in [0.4, 0.5) is 0 Å². The number of hydrogen-bond donors (Lipinski definition) is 1. The second-order valence-electron chi connectivity index (χ2n) is 5.90. The second kappa shape index (κ2) is 6.98. The summed E-state index contributed by atoms with van der Waals surface area (Å²) in [5, 5.41) is 23.1. The zero-order valence-corrected chi connectivity index (χ0v) is 14.9. The number of carboxylic acid groups (broad SMARTS) is 1. The molecule has 0 aliphatic heterocycles. The van der Waals surface area contributed by atoms with Gasteiger partial charge in [-0.2, -0.15) is 10.4 Å². The number of aromatic carboxylic acids is 1. The summed E-state index contributed by atoms with van der Waals surface area (Å²) in [6.45, 7) is 4.25. The van der Waals surface area contributed by atoms with Crippen molar-refractivity contribution in [3.8, 4) is 17.2 Å². The van der Waals surface area contributed by atoms with Crippen molar-refractivity contribution in [1.29, 1.82) is 5.26 Å².